The van der Waals surface area contributed by atoms with Crippen LogP contribution in [0.4, 0.5) is 0 Å². The summed E-state index contributed by atoms with van der Waals surface area (Å²) in [5.74, 6) is 0. The van der Waals surface area contributed by atoms with Gasteiger partial charge in [0.1, 0.15) is 10.5 Å². The maximum Gasteiger partial charge on any atom is 0.263 e. The summed E-state index contributed by atoms with van der Waals surface area (Å²) in [6, 6.07) is 15.1. The summed E-state index contributed by atoms with van der Waals surface area (Å²) in [6.07, 6.45) is 3.29. The van der Waals surface area contributed by atoms with Crippen molar-refractivity contribution in [1.29, 1.82) is 0 Å². The van der Waals surface area contributed by atoms with Gasteiger partial charge in [0.05, 0.1) is 24.0 Å². The van der Waals surface area contributed by atoms with Gasteiger partial charge in [-0.05, 0) is 31.0 Å². The Morgan fingerprint density at radius 1 is 1.03 bits per heavy atom. The van der Waals surface area contributed by atoms with Gasteiger partial charge in [0.2, 0.25) is 0 Å². The monoisotopic (exact) mass is 414 g/mol. The van der Waals surface area contributed by atoms with E-state index in [0.29, 0.717) is 16.7 Å². The van der Waals surface area contributed by atoms with Crippen molar-refractivity contribution in [3.8, 4) is 11.1 Å². The second-order valence-corrected chi connectivity index (χ2v) is 8.48. The van der Waals surface area contributed by atoms with Gasteiger partial charge in [-0.3, -0.25) is 18.6 Å². The molecular formula is C23H18N4O2S. The van der Waals surface area contributed by atoms with Gasteiger partial charge in [-0.2, -0.15) is 0 Å². The Kier molecular flexibility index (Phi) is 4.33. The molecule has 30 heavy (non-hydrogen) atoms. The van der Waals surface area contributed by atoms with Crippen LogP contribution in [0, 0.1) is 13.8 Å². The first-order valence-electron chi connectivity index (χ1n) is 9.54. The van der Waals surface area contributed by atoms with Crippen LogP contribution in [0.1, 0.15) is 16.1 Å². The molecule has 0 aliphatic carbocycles. The number of pyridine rings is 1. The fraction of sp³-hybridized carbons (Fsp3) is 0.130. The van der Waals surface area contributed by atoms with Gasteiger partial charge >= 0.3 is 0 Å². The van der Waals surface area contributed by atoms with E-state index in [1.165, 1.54) is 32.7 Å². The zero-order valence-electron chi connectivity index (χ0n) is 16.5. The molecular weight excluding hydrogens is 396 g/mol. The van der Waals surface area contributed by atoms with Crippen molar-refractivity contribution < 1.29 is 0 Å². The fourth-order valence-electron chi connectivity index (χ4n) is 3.72. The normalized spacial score (nSPS) is 11.4. The number of nitrogens with zero attached hydrogens (tertiary/aromatic N) is 4. The van der Waals surface area contributed by atoms with Crippen molar-refractivity contribution in [3.63, 3.8) is 0 Å². The van der Waals surface area contributed by atoms with Gasteiger partial charge < -0.3 is 0 Å². The molecule has 0 saturated heterocycles. The highest BCUT2D eigenvalue weighted by Crippen LogP contribution is 2.35. The molecule has 6 nitrogen and oxygen atoms in total. The summed E-state index contributed by atoms with van der Waals surface area (Å²) in [7, 11) is 0. The second-order valence-electron chi connectivity index (χ2n) is 7.28. The van der Waals surface area contributed by atoms with E-state index in [4.69, 9.17) is 0 Å². The van der Waals surface area contributed by atoms with Crippen LogP contribution in [0.15, 0.2) is 70.6 Å². The predicted octanol–water partition coefficient (Wildman–Crippen LogP) is 3.80. The standard InChI is InChI=1S/C23H18N4O2S/c1-14-8-9-18-25-17(10-19(28)27(18)11-14)12-26-13-24-22-21(23(26)29)20(15(2)30-22)16-6-4-3-5-7-16/h3-11,13H,12H2,1-2H3. The first-order chi connectivity index (χ1) is 14.5. The van der Waals surface area contributed by atoms with Crippen molar-refractivity contribution in [2.75, 3.05) is 0 Å². The number of thiophene rings is 1. The molecule has 0 spiro atoms. The summed E-state index contributed by atoms with van der Waals surface area (Å²) in [5.41, 5.74) is 3.68. The zero-order valence-corrected chi connectivity index (χ0v) is 17.3. The van der Waals surface area contributed by atoms with Gasteiger partial charge in [-0.15, -0.1) is 11.3 Å². The highest BCUT2D eigenvalue weighted by Gasteiger charge is 2.17. The van der Waals surface area contributed by atoms with Gasteiger partial charge in [-0.25, -0.2) is 9.97 Å². The van der Waals surface area contributed by atoms with E-state index in [1.54, 1.807) is 12.3 Å². The van der Waals surface area contributed by atoms with E-state index in [2.05, 4.69) is 9.97 Å². The van der Waals surface area contributed by atoms with Crippen LogP contribution in [0.25, 0.3) is 27.0 Å². The highest BCUT2D eigenvalue weighted by atomic mass is 32.1. The van der Waals surface area contributed by atoms with Crippen LogP contribution in [0.2, 0.25) is 0 Å². The van der Waals surface area contributed by atoms with Crippen LogP contribution in [-0.2, 0) is 6.54 Å². The minimum Gasteiger partial charge on any atom is -0.293 e. The topological polar surface area (TPSA) is 69.3 Å². The lowest BCUT2D eigenvalue weighted by Crippen LogP contribution is -2.23. The average Bonchev–Trinajstić information content (AvgIpc) is 3.08. The number of rotatable bonds is 3. The summed E-state index contributed by atoms with van der Waals surface area (Å²) in [5, 5.41) is 0.610. The predicted molar refractivity (Wildman–Crippen MR) is 119 cm³/mol. The summed E-state index contributed by atoms with van der Waals surface area (Å²) < 4.78 is 3.03. The number of hydrogen-bond acceptors (Lipinski definition) is 5. The molecule has 0 saturated carbocycles. The fourth-order valence-corrected chi connectivity index (χ4v) is 4.72. The molecule has 7 heteroatoms. The number of aromatic nitrogens is 4. The first-order valence-corrected chi connectivity index (χ1v) is 10.4. The van der Waals surface area contributed by atoms with Crippen molar-refractivity contribution in [1.82, 2.24) is 18.9 Å². The molecule has 0 aliphatic heterocycles. The molecule has 1 aromatic carbocycles. The molecule has 0 amide bonds. The molecule has 0 atom stereocenters. The van der Waals surface area contributed by atoms with Gasteiger partial charge in [0.25, 0.3) is 11.1 Å². The third-order valence-electron chi connectivity index (χ3n) is 5.11. The van der Waals surface area contributed by atoms with Crippen LogP contribution in [0.5, 0.6) is 0 Å². The van der Waals surface area contributed by atoms with E-state index >= 15 is 0 Å². The van der Waals surface area contributed by atoms with E-state index < -0.39 is 0 Å². The second kappa shape index (κ2) is 7.03. The summed E-state index contributed by atoms with van der Waals surface area (Å²) >= 11 is 1.52. The Bertz CT molecular complexity index is 1530. The lowest BCUT2D eigenvalue weighted by Gasteiger charge is -2.08. The molecule has 0 fully saturated rings. The smallest absolute Gasteiger partial charge is 0.263 e. The number of fused-ring (bicyclic) bond motifs is 2. The number of aryl methyl sites for hydroxylation is 2. The van der Waals surface area contributed by atoms with Gasteiger partial charge in [-0.1, -0.05) is 36.4 Å². The minimum atomic E-state index is -0.169. The van der Waals surface area contributed by atoms with Crippen molar-refractivity contribution >= 4 is 27.2 Å². The van der Waals surface area contributed by atoms with Crippen LogP contribution in [-0.4, -0.2) is 18.9 Å². The number of benzene rings is 1. The molecule has 5 aromatic rings. The van der Waals surface area contributed by atoms with Crippen molar-refractivity contribution in [2.45, 2.75) is 20.4 Å². The van der Waals surface area contributed by atoms with E-state index in [1.807, 2.05) is 50.2 Å². The minimum absolute atomic E-state index is 0.130. The molecule has 4 heterocycles. The van der Waals surface area contributed by atoms with Crippen molar-refractivity contribution in [3.05, 3.63) is 97.9 Å². The third kappa shape index (κ3) is 3.04. The molecule has 0 aliphatic rings. The molecule has 148 valence electrons. The lowest BCUT2D eigenvalue weighted by molar-refractivity contribution is 0.727. The molecule has 0 unspecified atom stereocenters. The Morgan fingerprint density at radius 2 is 1.83 bits per heavy atom. The largest absolute Gasteiger partial charge is 0.293 e. The SMILES string of the molecule is Cc1ccc2nc(Cn3cnc4sc(C)c(-c5ccccc5)c4c3=O)cc(=O)n2c1. The Balaban J connectivity index is 1.65. The Labute approximate surface area is 175 Å². The summed E-state index contributed by atoms with van der Waals surface area (Å²) in [4.78, 5) is 36.7. The zero-order chi connectivity index (χ0) is 20.8. The van der Waals surface area contributed by atoms with E-state index in [0.717, 1.165) is 26.4 Å². The molecule has 5 rings (SSSR count). The summed E-state index contributed by atoms with van der Waals surface area (Å²) in [6.45, 7) is 4.12. The average molecular weight is 414 g/mol. The molecule has 0 radical (unpaired) electrons. The molecule has 4 aromatic heterocycles. The molecule has 0 N–H and O–H groups in total. The third-order valence-corrected chi connectivity index (χ3v) is 6.12. The van der Waals surface area contributed by atoms with Crippen LogP contribution in [0.3, 0.4) is 0 Å². The Morgan fingerprint density at radius 3 is 2.63 bits per heavy atom. The van der Waals surface area contributed by atoms with E-state index in [9.17, 15) is 9.59 Å². The maximum atomic E-state index is 13.4. The number of hydrogen-bond donors (Lipinski definition) is 0. The quantitative estimate of drug-likeness (QED) is 0.450. The first kappa shape index (κ1) is 18.4. The van der Waals surface area contributed by atoms with Crippen LogP contribution >= 0.6 is 11.3 Å². The van der Waals surface area contributed by atoms with Crippen molar-refractivity contribution in [2.24, 2.45) is 0 Å². The van der Waals surface area contributed by atoms with Crippen LogP contribution < -0.4 is 11.1 Å². The Hall–Kier alpha value is -3.58. The highest BCUT2D eigenvalue weighted by molar-refractivity contribution is 7.19. The van der Waals surface area contributed by atoms with Gasteiger partial charge in [0, 0.05) is 22.7 Å². The molecule has 0 bridgehead atoms. The lowest BCUT2D eigenvalue weighted by atomic mass is 10.0. The maximum absolute atomic E-state index is 13.4. The van der Waals surface area contributed by atoms with E-state index in [-0.39, 0.29) is 17.7 Å². The van der Waals surface area contributed by atoms with Gasteiger partial charge in [0.15, 0.2) is 0 Å².